The molecule has 0 bridgehead atoms. The van der Waals surface area contributed by atoms with Gasteiger partial charge in [0.2, 0.25) is 0 Å². The molecular formula is C16H22F2N2O2. The third-order valence-corrected chi connectivity index (χ3v) is 3.89. The molecule has 0 saturated carbocycles. The minimum Gasteiger partial charge on any atom is -0.507 e. The second kappa shape index (κ2) is 7.54. The number of rotatable bonds is 5. The van der Waals surface area contributed by atoms with E-state index in [0.29, 0.717) is 12.6 Å². The first-order valence-corrected chi connectivity index (χ1v) is 7.66. The number of piperidine rings is 1. The average Bonchev–Trinajstić information content (AvgIpc) is 2.45. The molecule has 1 saturated heterocycles. The monoisotopic (exact) mass is 312 g/mol. The van der Waals surface area contributed by atoms with Gasteiger partial charge in [-0.15, -0.1) is 0 Å². The fourth-order valence-corrected chi connectivity index (χ4v) is 2.79. The molecule has 1 aromatic rings. The van der Waals surface area contributed by atoms with Crippen LogP contribution in [0.5, 0.6) is 5.75 Å². The van der Waals surface area contributed by atoms with E-state index >= 15 is 0 Å². The van der Waals surface area contributed by atoms with E-state index in [2.05, 4.69) is 10.2 Å². The Bertz CT molecular complexity index is 508. The molecular weight excluding hydrogens is 290 g/mol. The molecule has 122 valence electrons. The number of hydrogen-bond donors (Lipinski definition) is 2. The number of amides is 1. The van der Waals surface area contributed by atoms with Crippen LogP contribution in [-0.2, 0) is 0 Å². The van der Waals surface area contributed by atoms with E-state index in [9.17, 15) is 18.7 Å². The van der Waals surface area contributed by atoms with Gasteiger partial charge in [0.1, 0.15) is 22.9 Å². The summed E-state index contributed by atoms with van der Waals surface area (Å²) in [4.78, 5) is 14.3. The molecule has 0 aromatic heterocycles. The van der Waals surface area contributed by atoms with Crippen molar-refractivity contribution in [2.24, 2.45) is 5.92 Å². The zero-order valence-electron chi connectivity index (χ0n) is 12.7. The summed E-state index contributed by atoms with van der Waals surface area (Å²) in [5.41, 5.74) is -0.508. The molecule has 1 unspecified atom stereocenters. The minimum atomic E-state index is -1.06. The van der Waals surface area contributed by atoms with E-state index in [1.54, 1.807) is 0 Å². The summed E-state index contributed by atoms with van der Waals surface area (Å²) in [5, 5.41) is 12.1. The van der Waals surface area contributed by atoms with Crippen molar-refractivity contribution in [1.29, 1.82) is 0 Å². The Morgan fingerprint density at radius 2 is 2.00 bits per heavy atom. The number of phenolic OH excluding ortho intramolecular Hbond substituents is 1. The number of phenols is 1. The van der Waals surface area contributed by atoms with E-state index in [4.69, 9.17) is 0 Å². The van der Waals surface area contributed by atoms with Crippen molar-refractivity contribution in [3.8, 4) is 5.75 Å². The van der Waals surface area contributed by atoms with Crippen molar-refractivity contribution < 1.29 is 18.7 Å². The molecule has 1 aliphatic heterocycles. The molecule has 2 N–H and O–H groups in total. The van der Waals surface area contributed by atoms with Crippen LogP contribution in [0.25, 0.3) is 0 Å². The Morgan fingerprint density at radius 3 is 2.64 bits per heavy atom. The normalized spacial score (nSPS) is 17.2. The smallest absolute Gasteiger partial charge is 0.258 e. The van der Waals surface area contributed by atoms with Gasteiger partial charge in [0.25, 0.3) is 5.91 Å². The van der Waals surface area contributed by atoms with Crippen LogP contribution in [0.1, 0.15) is 36.5 Å². The van der Waals surface area contributed by atoms with Crippen LogP contribution in [0.2, 0.25) is 0 Å². The number of hydrogen-bond acceptors (Lipinski definition) is 3. The number of nitrogens with zero attached hydrogens (tertiary/aromatic N) is 1. The average molecular weight is 312 g/mol. The zero-order valence-corrected chi connectivity index (χ0v) is 12.7. The van der Waals surface area contributed by atoms with Crippen LogP contribution < -0.4 is 5.32 Å². The molecule has 1 fully saturated rings. The highest BCUT2D eigenvalue weighted by Gasteiger charge is 2.19. The summed E-state index contributed by atoms with van der Waals surface area (Å²) < 4.78 is 26.5. The molecule has 4 nitrogen and oxygen atoms in total. The molecule has 0 aliphatic carbocycles. The maximum Gasteiger partial charge on any atom is 0.258 e. The number of carbonyl (C=O) groups excluding carboxylic acids is 1. The summed E-state index contributed by atoms with van der Waals surface area (Å²) >= 11 is 0. The van der Waals surface area contributed by atoms with Crippen molar-refractivity contribution in [3.63, 3.8) is 0 Å². The molecule has 22 heavy (non-hydrogen) atoms. The number of benzene rings is 1. The SMILES string of the molecule is CC(CNC(=O)c1c(O)cc(F)cc1F)CN1CCCCC1. The molecule has 6 heteroatoms. The van der Waals surface area contributed by atoms with E-state index in [1.807, 2.05) is 6.92 Å². The Morgan fingerprint density at radius 1 is 1.32 bits per heavy atom. The lowest BCUT2D eigenvalue weighted by molar-refractivity contribution is 0.0935. The fraction of sp³-hybridized carbons (Fsp3) is 0.562. The predicted molar refractivity (Wildman–Crippen MR) is 79.8 cm³/mol. The van der Waals surface area contributed by atoms with Crippen molar-refractivity contribution in [1.82, 2.24) is 10.2 Å². The van der Waals surface area contributed by atoms with Crippen LogP contribution in [0.3, 0.4) is 0 Å². The Kier molecular flexibility index (Phi) is 5.71. The maximum absolute atomic E-state index is 13.6. The van der Waals surface area contributed by atoms with Gasteiger partial charge >= 0.3 is 0 Å². The van der Waals surface area contributed by atoms with Crippen LogP contribution in [0.15, 0.2) is 12.1 Å². The maximum atomic E-state index is 13.6. The summed E-state index contributed by atoms with van der Waals surface area (Å²) in [7, 11) is 0. The first kappa shape index (κ1) is 16.7. The van der Waals surface area contributed by atoms with Crippen LogP contribution in [0.4, 0.5) is 8.78 Å². The Labute approximate surface area is 129 Å². The standard InChI is InChI=1S/C16H22F2N2O2/c1-11(10-20-5-3-2-4-6-20)9-19-16(22)15-13(18)7-12(17)8-14(15)21/h7-8,11,21H,2-6,9-10H2,1H3,(H,19,22). The van der Waals surface area contributed by atoms with Gasteiger partial charge in [-0.1, -0.05) is 13.3 Å². The summed E-state index contributed by atoms with van der Waals surface area (Å²) in [6, 6.07) is 1.32. The largest absolute Gasteiger partial charge is 0.507 e. The van der Waals surface area contributed by atoms with Gasteiger partial charge in [-0.25, -0.2) is 8.78 Å². The first-order chi connectivity index (χ1) is 10.5. The minimum absolute atomic E-state index is 0.215. The second-order valence-electron chi connectivity index (χ2n) is 5.96. The lowest BCUT2D eigenvalue weighted by atomic mass is 10.1. The van der Waals surface area contributed by atoms with Gasteiger partial charge in [-0.3, -0.25) is 4.79 Å². The van der Waals surface area contributed by atoms with Crippen LogP contribution in [-0.4, -0.2) is 42.1 Å². The van der Waals surface area contributed by atoms with Gasteiger partial charge in [-0.2, -0.15) is 0 Å². The predicted octanol–water partition coefficient (Wildman–Crippen LogP) is 2.52. The molecule has 0 spiro atoms. The van der Waals surface area contributed by atoms with Crippen molar-refractivity contribution >= 4 is 5.91 Å². The third kappa shape index (κ3) is 4.40. The number of likely N-dealkylation sites (tertiary alicyclic amines) is 1. The van der Waals surface area contributed by atoms with Gasteiger partial charge in [-0.05, 0) is 31.8 Å². The third-order valence-electron chi connectivity index (χ3n) is 3.89. The van der Waals surface area contributed by atoms with E-state index in [1.165, 1.54) is 19.3 Å². The van der Waals surface area contributed by atoms with Gasteiger partial charge in [0, 0.05) is 25.2 Å². The molecule has 1 atom stereocenters. The summed E-state index contributed by atoms with van der Waals surface area (Å²) in [5.74, 6) is -3.16. The molecule has 1 aromatic carbocycles. The van der Waals surface area contributed by atoms with E-state index in [0.717, 1.165) is 25.7 Å². The summed E-state index contributed by atoms with van der Waals surface area (Å²) in [6.45, 7) is 5.41. The van der Waals surface area contributed by atoms with Crippen LogP contribution in [0, 0.1) is 17.6 Å². The number of aromatic hydroxyl groups is 1. The molecule has 1 heterocycles. The van der Waals surface area contributed by atoms with Gasteiger partial charge in [0.15, 0.2) is 0 Å². The highest BCUT2D eigenvalue weighted by molar-refractivity contribution is 5.97. The topological polar surface area (TPSA) is 52.6 Å². The molecule has 1 amide bonds. The van der Waals surface area contributed by atoms with Crippen molar-refractivity contribution in [2.45, 2.75) is 26.2 Å². The number of carbonyl (C=O) groups is 1. The first-order valence-electron chi connectivity index (χ1n) is 7.66. The number of halogens is 2. The molecule has 1 aliphatic rings. The van der Waals surface area contributed by atoms with Crippen molar-refractivity contribution in [2.75, 3.05) is 26.2 Å². The van der Waals surface area contributed by atoms with Gasteiger partial charge in [0.05, 0.1) is 0 Å². The zero-order chi connectivity index (χ0) is 16.1. The molecule has 2 rings (SSSR count). The van der Waals surface area contributed by atoms with Crippen LogP contribution >= 0.6 is 0 Å². The number of nitrogens with one attached hydrogen (secondary N) is 1. The Hall–Kier alpha value is -1.69. The van der Waals surface area contributed by atoms with E-state index < -0.39 is 28.9 Å². The molecule has 0 radical (unpaired) electrons. The van der Waals surface area contributed by atoms with E-state index in [-0.39, 0.29) is 5.92 Å². The van der Waals surface area contributed by atoms with Crippen molar-refractivity contribution in [3.05, 3.63) is 29.3 Å². The summed E-state index contributed by atoms with van der Waals surface area (Å²) in [6.07, 6.45) is 3.67. The Balaban J connectivity index is 1.87. The fourth-order valence-electron chi connectivity index (χ4n) is 2.79. The lowest BCUT2D eigenvalue weighted by Gasteiger charge is -2.29. The lowest BCUT2D eigenvalue weighted by Crippen LogP contribution is -2.38. The van der Waals surface area contributed by atoms with Gasteiger partial charge < -0.3 is 15.3 Å². The highest BCUT2D eigenvalue weighted by Crippen LogP contribution is 2.21. The quantitative estimate of drug-likeness (QED) is 0.878. The second-order valence-corrected chi connectivity index (χ2v) is 5.96. The highest BCUT2D eigenvalue weighted by atomic mass is 19.1.